The molecule has 0 atom stereocenters. The van der Waals surface area contributed by atoms with Gasteiger partial charge in [0.1, 0.15) is 0 Å². The van der Waals surface area contributed by atoms with E-state index >= 15 is 0 Å². The van der Waals surface area contributed by atoms with Gasteiger partial charge in [-0.15, -0.1) is 0 Å². The van der Waals surface area contributed by atoms with Gasteiger partial charge in [0, 0.05) is 21.2 Å². The molecule has 0 fully saturated rings. The van der Waals surface area contributed by atoms with E-state index in [1.807, 2.05) is 42.5 Å². The van der Waals surface area contributed by atoms with Gasteiger partial charge in [-0.1, -0.05) is 59.6 Å². The van der Waals surface area contributed by atoms with Crippen molar-refractivity contribution < 1.29 is 4.79 Å². The van der Waals surface area contributed by atoms with Crippen molar-refractivity contribution in [3.05, 3.63) is 81.8 Å². The highest BCUT2D eigenvalue weighted by atomic mass is 35.5. The predicted octanol–water partition coefficient (Wildman–Crippen LogP) is 5.38. The Morgan fingerprint density at radius 2 is 1.35 bits per heavy atom. The average Bonchev–Trinajstić information content (AvgIpc) is 2.45. The Bertz CT molecular complexity index is 789. The maximum Gasteiger partial charge on any atom is 0.193 e. The zero-order valence-corrected chi connectivity index (χ0v) is 11.9. The van der Waals surface area contributed by atoms with Crippen LogP contribution in [-0.4, -0.2) is 5.78 Å². The molecule has 3 heteroatoms. The first kappa shape index (κ1) is 13.2. The third-order valence-electron chi connectivity index (χ3n) is 3.14. The van der Waals surface area contributed by atoms with Crippen molar-refractivity contribution in [2.75, 3.05) is 0 Å². The standard InChI is InChI=1S/C17H10Cl2O/c18-15-8-14(9-16(19)10-15)17(20)13-6-5-11-3-1-2-4-12(11)7-13/h1-10H. The van der Waals surface area contributed by atoms with Crippen LogP contribution < -0.4 is 0 Å². The Morgan fingerprint density at radius 1 is 0.700 bits per heavy atom. The van der Waals surface area contributed by atoms with E-state index < -0.39 is 0 Å². The normalized spacial score (nSPS) is 10.7. The number of carbonyl (C=O) groups is 1. The fraction of sp³-hybridized carbons (Fsp3) is 0. The summed E-state index contributed by atoms with van der Waals surface area (Å²) in [5.74, 6) is -0.0832. The van der Waals surface area contributed by atoms with Gasteiger partial charge in [-0.05, 0) is 35.0 Å². The molecular formula is C17H10Cl2O. The first-order valence-electron chi connectivity index (χ1n) is 6.13. The number of fused-ring (bicyclic) bond motifs is 1. The molecule has 0 unspecified atom stereocenters. The van der Waals surface area contributed by atoms with Gasteiger partial charge in [-0.2, -0.15) is 0 Å². The van der Waals surface area contributed by atoms with Crippen LogP contribution in [0.3, 0.4) is 0 Å². The minimum absolute atomic E-state index is 0.0832. The van der Waals surface area contributed by atoms with Crippen molar-refractivity contribution in [1.29, 1.82) is 0 Å². The first-order valence-corrected chi connectivity index (χ1v) is 6.89. The van der Waals surface area contributed by atoms with Crippen LogP contribution in [0.5, 0.6) is 0 Å². The minimum Gasteiger partial charge on any atom is -0.289 e. The number of rotatable bonds is 2. The lowest BCUT2D eigenvalue weighted by Crippen LogP contribution is -2.01. The van der Waals surface area contributed by atoms with Crippen LogP contribution in [0.2, 0.25) is 10.0 Å². The molecule has 98 valence electrons. The molecular weight excluding hydrogens is 291 g/mol. The Labute approximate surface area is 126 Å². The SMILES string of the molecule is O=C(c1cc(Cl)cc(Cl)c1)c1ccc2ccccc2c1. The molecule has 0 radical (unpaired) electrons. The summed E-state index contributed by atoms with van der Waals surface area (Å²) in [7, 11) is 0. The highest BCUT2D eigenvalue weighted by Crippen LogP contribution is 2.23. The van der Waals surface area contributed by atoms with Crippen molar-refractivity contribution >= 4 is 39.8 Å². The molecule has 0 saturated heterocycles. The monoisotopic (exact) mass is 300 g/mol. The molecule has 0 N–H and O–H groups in total. The molecule has 1 nitrogen and oxygen atoms in total. The second kappa shape index (κ2) is 5.28. The number of benzene rings is 3. The van der Waals surface area contributed by atoms with Crippen molar-refractivity contribution in [2.45, 2.75) is 0 Å². The average molecular weight is 301 g/mol. The van der Waals surface area contributed by atoms with Crippen LogP contribution >= 0.6 is 23.2 Å². The number of carbonyl (C=O) groups excluding carboxylic acids is 1. The molecule has 3 aromatic carbocycles. The Kier molecular flexibility index (Phi) is 3.47. The molecule has 0 aromatic heterocycles. The maximum atomic E-state index is 12.5. The fourth-order valence-corrected chi connectivity index (χ4v) is 2.71. The second-order valence-corrected chi connectivity index (χ2v) is 5.42. The van der Waals surface area contributed by atoms with E-state index in [-0.39, 0.29) is 5.78 Å². The topological polar surface area (TPSA) is 17.1 Å². The van der Waals surface area contributed by atoms with Crippen LogP contribution in [0.4, 0.5) is 0 Å². The predicted molar refractivity (Wildman–Crippen MR) is 83.8 cm³/mol. The highest BCUT2D eigenvalue weighted by molar-refractivity contribution is 6.35. The molecule has 0 saturated carbocycles. The van der Waals surface area contributed by atoms with Gasteiger partial charge < -0.3 is 0 Å². The van der Waals surface area contributed by atoms with Crippen LogP contribution in [0.1, 0.15) is 15.9 Å². The van der Waals surface area contributed by atoms with Crippen LogP contribution in [0, 0.1) is 0 Å². The third kappa shape index (κ3) is 2.55. The lowest BCUT2D eigenvalue weighted by molar-refractivity contribution is 0.103. The molecule has 0 heterocycles. The quantitative estimate of drug-likeness (QED) is 0.581. The van der Waals surface area contributed by atoms with Gasteiger partial charge in [-0.25, -0.2) is 0 Å². The van der Waals surface area contributed by atoms with E-state index in [0.29, 0.717) is 21.2 Å². The number of halogens is 2. The van der Waals surface area contributed by atoms with E-state index in [4.69, 9.17) is 23.2 Å². The summed E-state index contributed by atoms with van der Waals surface area (Å²) in [5, 5.41) is 3.06. The largest absolute Gasteiger partial charge is 0.289 e. The number of ketones is 1. The lowest BCUT2D eigenvalue weighted by Gasteiger charge is -2.05. The molecule has 20 heavy (non-hydrogen) atoms. The van der Waals surface area contributed by atoms with Gasteiger partial charge in [0.25, 0.3) is 0 Å². The van der Waals surface area contributed by atoms with E-state index in [9.17, 15) is 4.79 Å². The summed E-state index contributed by atoms with van der Waals surface area (Å²) >= 11 is 11.9. The lowest BCUT2D eigenvalue weighted by atomic mass is 10.00. The summed E-state index contributed by atoms with van der Waals surface area (Å²) in [4.78, 5) is 12.5. The first-order chi connectivity index (χ1) is 9.63. The molecule has 0 bridgehead atoms. The molecule has 0 amide bonds. The Morgan fingerprint density at radius 3 is 2.05 bits per heavy atom. The van der Waals surface area contributed by atoms with Crippen molar-refractivity contribution in [3.8, 4) is 0 Å². The molecule has 0 aliphatic rings. The fourth-order valence-electron chi connectivity index (χ4n) is 2.18. The molecule has 3 rings (SSSR count). The van der Waals surface area contributed by atoms with Crippen LogP contribution in [0.25, 0.3) is 10.8 Å². The van der Waals surface area contributed by atoms with Crippen molar-refractivity contribution in [2.24, 2.45) is 0 Å². The second-order valence-electron chi connectivity index (χ2n) is 4.55. The third-order valence-corrected chi connectivity index (χ3v) is 3.57. The summed E-state index contributed by atoms with van der Waals surface area (Å²) in [6.07, 6.45) is 0. The highest BCUT2D eigenvalue weighted by Gasteiger charge is 2.11. The Hall–Kier alpha value is -1.83. The van der Waals surface area contributed by atoms with E-state index in [1.54, 1.807) is 18.2 Å². The number of hydrogen-bond acceptors (Lipinski definition) is 1. The number of hydrogen-bond donors (Lipinski definition) is 0. The van der Waals surface area contributed by atoms with E-state index in [2.05, 4.69) is 0 Å². The Balaban J connectivity index is 2.07. The summed E-state index contributed by atoms with van der Waals surface area (Å²) in [5.41, 5.74) is 1.12. The minimum atomic E-state index is -0.0832. The van der Waals surface area contributed by atoms with Gasteiger partial charge in [0.05, 0.1) is 0 Å². The van der Waals surface area contributed by atoms with Crippen molar-refractivity contribution in [3.63, 3.8) is 0 Å². The van der Waals surface area contributed by atoms with Crippen molar-refractivity contribution in [1.82, 2.24) is 0 Å². The molecule has 0 spiro atoms. The van der Waals surface area contributed by atoms with E-state index in [1.165, 1.54) is 0 Å². The summed E-state index contributed by atoms with van der Waals surface area (Å²) < 4.78 is 0. The summed E-state index contributed by atoms with van der Waals surface area (Å²) in [6, 6.07) is 18.4. The molecule has 0 aliphatic heterocycles. The van der Waals surface area contributed by atoms with Gasteiger partial charge in [0.15, 0.2) is 5.78 Å². The molecule has 3 aromatic rings. The zero-order chi connectivity index (χ0) is 14.1. The van der Waals surface area contributed by atoms with E-state index in [0.717, 1.165) is 10.8 Å². The van der Waals surface area contributed by atoms with Gasteiger partial charge in [-0.3, -0.25) is 4.79 Å². The van der Waals surface area contributed by atoms with Gasteiger partial charge in [0.2, 0.25) is 0 Å². The van der Waals surface area contributed by atoms with Crippen LogP contribution in [-0.2, 0) is 0 Å². The maximum absolute atomic E-state index is 12.5. The molecule has 0 aliphatic carbocycles. The van der Waals surface area contributed by atoms with Gasteiger partial charge >= 0.3 is 0 Å². The smallest absolute Gasteiger partial charge is 0.193 e. The zero-order valence-electron chi connectivity index (χ0n) is 10.4. The summed E-state index contributed by atoms with van der Waals surface area (Å²) in [6.45, 7) is 0. The van der Waals surface area contributed by atoms with Crippen LogP contribution in [0.15, 0.2) is 60.7 Å².